The summed E-state index contributed by atoms with van der Waals surface area (Å²) in [7, 11) is 0. The van der Waals surface area contributed by atoms with Gasteiger partial charge in [0.2, 0.25) is 5.54 Å². The van der Waals surface area contributed by atoms with Crippen LogP contribution in [0.2, 0.25) is 0 Å². The molecule has 9 nitrogen and oxygen atoms in total. The highest BCUT2D eigenvalue weighted by atomic mass is 16.6. The van der Waals surface area contributed by atoms with E-state index in [0.29, 0.717) is 11.1 Å². The summed E-state index contributed by atoms with van der Waals surface area (Å²) in [5.74, 6) is -2.21. The standard InChI is InChI=1S/C23H22N2O7/c1-3-31-21(27)23(22(28)32-4-2)14-18(20(26)16-8-6-5-7-9-16)19(24-23)15-10-12-17(13-11-15)25(29)30/h5-14,19,24H,3-4H2,1-2H3/t19-/m1/s1. The zero-order chi connectivity index (χ0) is 23.3. The van der Waals surface area contributed by atoms with Crippen LogP contribution in [0.1, 0.15) is 35.8 Å². The van der Waals surface area contributed by atoms with Gasteiger partial charge in [-0.15, -0.1) is 0 Å². The van der Waals surface area contributed by atoms with Crippen molar-refractivity contribution in [2.75, 3.05) is 13.2 Å². The summed E-state index contributed by atoms with van der Waals surface area (Å²) in [6, 6.07) is 13.0. The number of esters is 2. The molecule has 0 saturated heterocycles. The number of nitrogens with one attached hydrogen (secondary N) is 1. The normalized spacial score (nSPS) is 16.7. The summed E-state index contributed by atoms with van der Waals surface area (Å²) in [6.45, 7) is 3.22. The molecule has 0 spiro atoms. The highest BCUT2D eigenvalue weighted by Crippen LogP contribution is 2.37. The first kappa shape index (κ1) is 22.8. The first-order valence-electron chi connectivity index (χ1n) is 10.0. The van der Waals surface area contributed by atoms with Crippen LogP contribution in [0.4, 0.5) is 5.69 Å². The third-order valence-electron chi connectivity index (χ3n) is 4.99. The van der Waals surface area contributed by atoms with E-state index < -0.39 is 34.2 Å². The first-order valence-corrected chi connectivity index (χ1v) is 10.0. The van der Waals surface area contributed by atoms with Crippen LogP contribution in [0, 0.1) is 10.1 Å². The monoisotopic (exact) mass is 438 g/mol. The fourth-order valence-electron chi connectivity index (χ4n) is 3.48. The molecule has 32 heavy (non-hydrogen) atoms. The molecule has 0 amide bonds. The topological polar surface area (TPSA) is 125 Å². The predicted molar refractivity (Wildman–Crippen MR) is 114 cm³/mol. The Bertz CT molecular complexity index is 1040. The smallest absolute Gasteiger partial charge is 0.342 e. The maximum absolute atomic E-state index is 13.3. The summed E-state index contributed by atoms with van der Waals surface area (Å²) in [4.78, 5) is 49.6. The number of ketones is 1. The van der Waals surface area contributed by atoms with Gasteiger partial charge >= 0.3 is 11.9 Å². The molecule has 0 saturated carbocycles. The van der Waals surface area contributed by atoms with Crippen molar-refractivity contribution in [3.8, 4) is 0 Å². The lowest BCUT2D eigenvalue weighted by Crippen LogP contribution is -2.56. The Hall–Kier alpha value is -3.85. The molecule has 0 fully saturated rings. The van der Waals surface area contributed by atoms with E-state index in [0.717, 1.165) is 0 Å². The molecule has 3 rings (SSSR count). The highest BCUT2D eigenvalue weighted by Gasteiger charge is 2.54. The second-order valence-corrected chi connectivity index (χ2v) is 6.97. The molecule has 9 heteroatoms. The van der Waals surface area contributed by atoms with Crippen molar-refractivity contribution in [3.05, 3.63) is 87.5 Å². The van der Waals surface area contributed by atoms with Crippen LogP contribution < -0.4 is 5.32 Å². The lowest BCUT2D eigenvalue weighted by molar-refractivity contribution is -0.384. The van der Waals surface area contributed by atoms with E-state index >= 15 is 0 Å². The molecular formula is C23H22N2O7. The Kier molecular flexibility index (Phi) is 6.79. The molecule has 1 heterocycles. The number of nitro benzene ring substituents is 1. The van der Waals surface area contributed by atoms with Crippen LogP contribution in [0.25, 0.3) is 0 Å². The number of hydrogen-bond acceptors (Lipinski definition) is 8. The summed E-state index contributed by atoms with van der Waals surface area (Å²) in [5.41, 5.74) is -1.21. The van der Waals surface area contributed by atoms with E-state index in [1.165, 1.54) is 30.3 Å². The number of hydrogen-bond donors (Lipinski definition) is 1. The molecule has 0 aromatic heterocycles. The van der Waals surface area contributed by atoms with Crippen molar-refractivity contribution in [2.45, 2.75) is 25.4 Å². The van der Waals surface area contributed by atoms with Crippen molar-refractivity contribution in [1.82, 2.24) is 5.32 Å². The summed E-state index contributed by atoms with van der Waals surface area (Å²) >= 11 is 0. The number of nitrogens with zero attached hydrogens (tertiary/aromatic N) is 1. The average molecular weight is 438 g/mol. The zero-order valence-corrected chi connectivity index (χ0v) is 17.6. The van der Waals surface area contributed by atoms with Crippen molar-refractivity contribution in [2.24, 2.45) is 0 Å². The van der Waals surface area contributed by atoms with Gasteiger partial charge in [-0.25, -0.2) is 9.59 Å². The molecular weight excluding hydrogens is 416 g/mol. The maximum Gasteiger partial charge on any atom is 0.342 e. The quantitative estimate of drug-likeness (QED) is 0.219. The van der Waals surface area contributed by atoms with Crippen LogP contribution in [-0.4, -0.2) is 41.4 Å². The molecule has 2 aromatic rings. The van der Waals surface area contributed by atoms with Gasteiger partial charge < -0.3 is 9.47 Å². The predicted octanol–water partition coefficient (Wildman–Crippen LogP) is 2.91. The van der Waals surface area contributed by atoms with Gasteiger partial charge in [-0.05, 0) is 25.5 Å². The van der Waals surface area contributed by atoms with Gasteiger partial charge in [-0.1, -0.05) is 42.5 Å². The largest absolute Gasteiger partial charge is 0.464 e. The third kappa shape index (κ3) is 4.28. The van der Waals surface area contributed by atoms with Crippen molar-refractivity contribution >= 4 is 23.4 Å². The minimum atomic E-state index is -2.03. The zero-order valence-electron chi connectivity index (χ0n) is 17.6. The Morgan fingerprint density at radius 1 is 0.969 bits per heavy atom. The number of benzene rings is 2. The number of carbonyl (C=O) groups is 3. The van der Waals surface area contributed by atoms with Crippen molar-refractivity contribution in [3.63, 3.8) is 0 Å². The number of carbonyl (C=O) groups excluding carboxylic acids is 3. The van der Waals surface area contributed by atoms with Crippen molar-refractivity contribution in [1.29, 1.82) is 0 Å². The van der Waals surface area contributed by atoms with Gasteiger partial charge in [0.25, 0.3) is 5.69 Å². The molecule has 1 atom stereocenters. The van der Waals surface area contributed by atoms with E-state index in [2.05, 4.69) is 5.32 Å². The molecule has 0 radical (unpaired) electrons. The van der Waals surface area contributed by atoms with Gasteiger partial charge in [0.05, 0.1) is 24.2 Å². The Balaban J connectivity index is 2.13. The number of rotatable bonds is 8. The SMILES string of the molecule is CCOC(=O)C1(C(=O)OCC)C=C(C(=O)c2ccccc2)[C@@H](c2ccc([N+](=O)[O-])cc2)N1. The summed E-state index contributed by atoms with van der Waals surface area (Å²) in [5, 5.41) is 13.9. The van der Waals surface area contributed by atoms with Gasteiger partial charge in [-0.2, -0.15) is 0 Å². The van der Waals surface area contributed by atoms with Gasteiger partial charge in [0.1, 0.15) is 0 Å². The molecule has 1 aliphatic rings. The van der Waals surface area contributed by atoms with Gasteiger partial charge in [0.15, 0.2) is 5.78 Å². The van der Waals surface area contributed by atoms with Crippen molar-refractivity contribution < 1.29 is 28.8 Å². The Morgan fingerprint density at radius 2 is 1.53 bits per heavy atom. The minimum Gasteiger partial charge on any atom is -0.464 e. The molecule has 1 N–H and O–H groups in total. The number of ether oxygens (including phenoxy) is 2. The lowest BCUT2D eigenvalue weighted by atomic mass is 9.93. The second-order valence-electron chi connectivity index (χ2n) is 6.97. The molecule has 0 unspecified atom stereocenters. The Labute approximate surface area is 184 Å². The maximum atomic E-state index is 13.3. The van der Waals surface area contributed by atoms with Crippen LogP contribution >= 0.6 is 0 Å². The summed E-state index contributed by atoms with van der Waals surface area (Å²) in [6.07, 6.45) is 1.24. The van der Waals surface area contributed by atoms with E-state index in [1.54, 1.807) is 44.2 Å². The molecule has 0 bridgehead atoms. The fourth-order valence-corrected chi connectivity index (χ4v) is 3.48. The van der Waals surface area contributed by atoms with Crippen LogP contribution in [0.5, 0.6) is 0 Å². The van der Waals surface area contributed by atoms with E-state index in [1.807, 2.05) is 0 Å². The number of Topliss-reactive ketones (excluding diaryl/α,β-unsaturated/α-hetero) is 1. The minimum absolute atomic E-state index is 0.0136. The van der Waals surface area contributed by atoms with Crippen LogP contribution in [0.3, 0.4) is 0 Å². The Morgan fingerprint density at radius 3 is 2.03 bits per heavy atom. The second kappa shape index (κ2) is 9.52. The van der Waals surface area contributed by atoms with Gasteiger partial charge in [-0.3, -0.25) is 20.2 Å². The number of non-ortho nitro benzene ring substituents is 1. The lowest BCUT2D eigenvalue weighted by Gasteiger charge is -2.26. The highest BCUT2D eigenvalue weighted by molar-refractivity contribution is 6.15. The third-order valence-corrected chi connectivity index (χ3v) is 4.99. The van der Waals surface area contributed by atoms with Gasteiger partial charge in [0, 0.05) is 23.3 Å². The van der Waals surface area contributed by atoms with Crippen LogP contribution in [-0.2, 0) is 19.1 Å². The molecule has 2 aromatic carbocycles. The van der Waals surface area contributed by atoms with Crippen LogP contribution in [0.15, 0.2) is 66.2 Å². The number of nitro groups is 1. The average Bonchev–Trinajstić information content (AvgIpc) is 3.22. The summed E-state index contributed by atoms with van der Waals surface area (Å²) < 4.78 is 10.2. The molecule has 0 aliphatic carbocycles. The first-order chi connectivity index (χ1) is 15.3. The van der Waals surface area contributed by atoms with E-state index in [-0.39, 0.29) is 24.5 Å². The fraction of sp³-hybridized carbons (Fsp3) is 0.261. The van der Waals surface area contributed by atoms with E-state index in [9.17, 15) is 24.5 Å². The van der Waals surface area contributed by atoms with E-state index in [4.69, 9.17) is 9.47 Å². The molecule has 166 valence electrons. The molecule has 1 aliphatic heterocycles.